The second kappa shape index (κ2) is 3.84. The molecule has 2 rings (SSSR count). The summed E-state index contributed by atoms with van der Waals surface area (Å²) in [6, 6.07) is 7.35. The molecule has 3 nitrogen and oxygen atoms in total. The molecular formula is C8H5BrClN3S. The van der Waals surface area contributed by atoms with Crippen LogP contribution in [0.3, 0.4) is 0 Å². The first-order chi connectivity index (χ1) is 6.68. The molecule has 0 aliphatic carbocycles. The molecular weight excluding hydrogens is 286 g/mol. The van der Waals surface area contributed by atoms with Crippen LogP contribution >= 0.6 is 39.7 Å². The number of aromatic nitrogens is 3. The maximum atomic E-state index is 5.78. The lowest BCUT2D eigenvalue weighted by molar-refractivity contribution is 1.00. The van der Waals surface area contributed by atoms with Crippen LogP contribution in [0.5, 0.6) is 0 Å². The number of H-pyrrole nitrogens is 1. The molecule has 0 saturated carbocycles. The molecule has 1 aromatic carbocycles. The standard InChI is InChI=1S/C8H5BrClN3S/c9-7-11-12-8(14)13(7)6-3-1-5(10)2-4-6/h1-4H,(H,12,14). The van der Waals surface area contributed by atoms with Gasteiger partial charge >= 0.3 is 0 Å². The van der Waals surface area contributed by atoms with Gasteiger partial charge in [-0.2, -0.15) is 0 Å². The minimum Gasteiger partial charge on any atom is -0.263 e. The molecule has 0 atom stereocenters. The Balaban J connectivity index is 2.60. The predicted molar refractivity (Wildman–Crippen MR) is 61.5 cm³/mol. The highest BCUT2D eigenvalue weighted by Gasteiger charge is 2.04. The van der Waals surface area contributed by atoms with E-state index < -0.39 is 0 Å². The van der Waals surface area contributed by atoms with Crippen molar-refractivity contribution in [3.05, 3.63) is 38.8 Å². The van der Waals surface area contributed by atoms with Gasteiger partial charge in [-0.05, 0) is 52.4 Å². The van der Waals surface area contributed by atoms with Gasteiger partial charge in [-0.3, -0.25) is 9.67 Å². The van der Waals surface area contributed by atoms with E-state index in [0.29, 0.717) is 14.5 Å². The summed E-state index contributed by atoms with van der Waals surface area (Å²) < 4.78 is 2.95. The third-order valence-corrected chi connectivity index (χ3v) is 2.77. The first-order valence-corrected chi connectivity index (χ1v) is 5.35. The summed E-state index contributed by atoms with van der Waals surface area (Å²) in [5.74, 6) is 0. The van der Waals surface area contributed by atoms with E-state index in [1.54, 1.807) is 16.7 Å². The van der Waals surface area contributed by atoms with Crippen LogP contribution in [0.15, 0.2) is 29.0 Å². The molecule has 0 saturated heterocycles. The van der Waals surface area contributed by atoms with Gasteiger partial charge in [0.05, 0.1) is 5.69 Å². The molecule has 1 heterocycles. The average Bonchev–Trinajstić information content (AvgIpc) is 2.49. The third kappa shape index (κ3) is 1.75. The minimum atomic E-state index is 0.541. The number of hydrogen-bond acceptors (Lipinski definition) is 2. The van der Waals surface area contributed by atoms with Crippen molar-refractivity contribution >= 4 is 39.7 Å². The normalized spacial score (nSPS) is 10.4. The first kappa shape index (κ1) is 9.89. The van der Waals surface area contributed by atoms with Gasteiger partial charge in [0.2, 0.25) is 9.50 Å². The molecule has 1 N–H and O–H groups in total. The second-order valence-corrected chi connectivity index (χ2v) is 4.14. The largest absolute Gasteiger partial charge is 0.263 e. The lowest BCUT2D eigenvalue weighted by atomic mass is 10.3. The van der Waals surface area contributed by atoms with Gasteiger partial charge in [0.1, 0.15) is 0 Å². The quantitative estimate of drug-likeness (QED) is 0.817. The minimum absolute atomic E-state index is 0.541. The Hall–Kier alpha value is -0.650. The topological polar surface area (TPSA) is 33.6 Å². The van der Waals surface area contributed by atoms with E-state index in [1.807, 2.05) is 12.1 Å². The van der Waals surface area contributed by atoms with Gasteiger partial charge in [0, 0.05) is 5.02 Å². The van der Waals surface area contributed by atoms with Crippen LogP contribution in [0.2, 0.25) is 5.02 Å². The average molecular weight is 291 g/mol. The van der Waals surface area contributed by atoms with E-state index in [4.69, 9.17) is 23.8 Å². The van der Waals surface area contributed by atoms with E-state index in [1.165, 1.54) is 0 Å². The van der Waals surface area contributed by atoms with Crippen LogP contribution in [0.4, 0.5) is 0 Å². The van der Waals surface area contributed by atoms with E-state index >= 15 is 0 Å². The van der Waals surface area contributed by atoms with E-state index in [9.17, 15) is 0 Å². The molecule has 0 bridgehead atoms. The zero-order chi connectivity index (χ0) is 10.1. The molecule has 14 heavy (non-hydrogen) atoms. The SMILES string of the molecule is S=c1[nH]nc(Br)n1-c1ccc(Cl)cc1. The molecule has 0 spiro atoms. The molecule has 2 aromatic rings. The summed E-state index contributed by atoms with van der Waals surface area (Å²) in [7, 11) is 0. The Labute approximate surface area is 98.8 Å². The van der Waals surface area contributed by atoms with Gasteiger partial charge in [-0.15, -0.1) is 5.10 Å². The maximum absolute atomic E-state index is 5.78. The van der Waals surface area contributed by atoms with E-state index in [-0.39, 0.29) is 0 Å². The van der Waals surface area contributed by atoms with Crippen LogP contribution in [0.25, 0.3) is 5.69 Å². The van der Waals surface area contributed by atoms with Crippen molar-refractivity contribution in [3.63, 3.8) is 0 Å². The number of hydrogen-bond donors (Lipinski definition) is 1. The Morgan fingerprint density at radius 3 is 2.50 bits per heavy atom. The molecule has 0 fully saturated rings. The fourth-order valence-electron chi connectivity index (χ4n) is 1.09. The number of aromatic amines is 1. The van der Waals surface area contributed by atoms with E-state index in [2.05, 4.69) is 26.1 Å². The molecule has 0 radical (unpaired) electrons. The highest BCUT2D eigenvalue weighted by atomic mass is 79.9. The van der Waals surface area contributed by atoms with Crippen molar-refractivity contribution in [2.24, 2.45) is 0 Å². The van der Waals surface area contributed by atoms with Crippen molar-refractivity contribution in [2.75, 3.05) is 0 Å². The van der Waals surface area contributed by atoms with Crippen LogP contribution in [-0.4, -0.2) is 14.8 Å². The van der Waals surface area contributed by atoms with Gasteiger partial charge in [0.15, 0.2) is 0 Å². The van der Waals surface area contributed by atoms with Crippen molar-refractivity contribution in [3.8, 4) is 5.69 Å². The molecule has 0 aliphatic rings. The third-order valence-electron chi connectivity index (χ3n) is 1.72. The lowest BCUT2D eigenvalue weighted by Gasteiger charge is -2.01. The smallest absolute Gasteiger partial charge is 0.203 e. The number of nitrogens with zero attached hydrogens (tertiary/aromatic N) is 2. The number of halogens is 2. The molecule has 0 amide bonds. The molecule has 72 valence electrons. The van der Waals surface area contributed by atoms with Gasteiger partial charge in [-0.1, -0.05) is 11.6 Å². The second-order valence-electron chi connectivity index (χ2n) is 2.61. The Morgan fingerprint density at radius 2 is 2.00 bits per heavy atom. The van der Waals surface area contributed by atoms with Crippen LogP contribution in [-0.2, 0) is 0 Å². The molecule has 1 aromatic heterocycles. The van der Waals surface area contributed by atoms with Gasteiger partial charge in [-0.25, -0.2) is 0 Å². The zero-order valence-corrected chi connectivity index (χ0v) is 10.0. The predicted octanol–water partition coefficient (Wildman–Crippen LogP) is 3.35. The van der Waals surface area contributed by atoms with Crippen molar-refractivity contribution in [2.45, 2.75) is 0 Å². The monoisotopic (exact) mass is 289 g/mol. The number of nitrogens with one attached hydrogen (secondary N) is 1. The number of rotatable bonds is 1. The van der Waals surface area contributed by atoms with Crippen LogP contribution in [0, 0.1) is 4.77 Å². The molecule has 0 unspecified atom stereocenters. The Bertz CT molecular complexity index is 502. The summed E-state index contributed by atoms with van der Waals surface area (Å²) in [4.78, 5) is 0. The summed E-state index contributed by atoms with van der Waals surface area (Å²) >= 11 is 14.1. The highest BCUT2D eigenvalue weighted by Crippen LogP contribution is 2.17. The van der Waals surface area contributed by atoms with Crippen LogP contribution in [0.1, 0.15) is 0 Å². The van der Waals surface area contributed by atoms with E-state index in [0.717, 1.165) is 5.69 Å². The van der Waals surface area contributed by atoms with Gasteiger partial charge in [0.25, 0.3) is 0 Å². The zero-order valence-electron chi connectivity index (χ0n) is 6.87. The molecule has 6 heteroatoms. The highest BCUT2D eigenvalue weighted by molar-refractivity contribution is 9.10. The summed E-state index contributed by atoms with van der Waals surface area (Å²) in [6.45, 7) is 0. The number of benzene rings is 1. The van der Waals surface area contributed by atoms with Crippen LogP contribution < -0.4 is 0 Å². The van der Waals surface area contributed by atoms with Crippen molar-refractivity contribution in [1.82, 2.24) is 14.8 Å². The maximum Gasteiger partial charge on any atom is 0.203 e. The first-order valence-electron chi connectivity index (χ1n) is 3.77. The summed E-state index contributed by atoms with van der Waals surface area (Å²) in [5.41, 5.74) is 0.917. The summed E-state index contributed by atoms with van der Waals surface area (Å²) in [5, 5.41) is 7.32. The fourth-order valence-corrected chi connectivity index (χ4v) is 2.04. The van der Waals surface area contributed by atoms with Gasteiger partial charge < -0.3 is 0 Å². The lowest BCUT2D eigenvalue weighted by Crippen LogP contribution is -1.93. The van der Waals surface area contributed by atoms with Crippen molar-refractivity contribution in [1.29, 1.82) is 0 Å². The Morgan fingerprint density at radius 1 is 1.36 bits per heavy atom. The summed E-state index contributed by atoms with van der Waals surface area (Å²) in [6.07, 6.45) is 0. The Kier molecular flexibility index (Phi) is 2.71. The molecule has 0 aliphatic heterocycles. The van der Waals surface area contributed by atoms with Crippen molar-refractivity contribution < 1.29 is 0 Å². The fraction of sp³-hybridized carbons (Fsp3) is 0.